The zero-order valence-electron chi connectivity index (χ0n) is 19.7. The van der Waals surface area contributed by atoms with Crippen molar-refractivity contribution >= 4 is 40.6 Å². The molecular weight excluding hydrogens is 472 g/mol. The fourth-order valence-corrected chi connectivity index (χ4v) is 3.90. The van der Waals surface area contributed by atoms with Crippen molar-refractivity contribution in [2.45, 2.75) is 20.3 Å². The van der Waals surface area contributed by atoms with Crippen LogP contribution >= 0.6 is 12.2 Å². The van der Waals surface area contributed by atoms with E-state index in [1.807, 2.05) is 16.7 Å². The number of ether oxygens (including phenoxy) is 2. The molecule has 1 aliphatic heterocycles. The van der Waals surface area contributed by atoms with Crippen LogP contribution in [0.1, 0.15) is 41.0 Å². The number of thiocarbonyl (C=S) groups is 1. The Morgan fingerprint density at radius 1 is 1.09 bits per heavy atom. The molecule has 0 aliphatic carbocycles. The predicted octanol–water partition coefficient (Wildman–Crippen LogP) is 3.40. The van der Waals surface area contributed by atoms with E-state index in [0.717, 1.165) is 6.42 Å². The second-order valence-electron chi connectivity index (χ2n) is 7.79. The molecule has 1 amide bonds. The number of esters is 1. The molecule has 1 fully saturated rings. The third kappa shape index (κ3) is 6.66. The van der Waals surface area contributed by atoms with E-state index in [9.17, 15) is 19.7 Å². The number of anilines is 1. The number of piperazine rings is 1. The van der Waals surface area contributed by atoms with Crippen LogP contribution in [0.3, 0.4) is 0 Å². The van der Waals surface area contributed by atoms with Gasteiger partial charge in [-0.25, -0.2) is 4.79 Å². The SMILES string of the molecule is CCCOc1cccc(C(=O)NC(=S)N2CCN(c3ccc(C(=O)OCC)cc3[N+](=O)[O-])CC2)c1. The van der Waals surface area contributed by atoms with Crippen molar-refractivity contribution in [2.75, 3.05) is 44.3 Å². The van der Waals surface area contributed by atoms with E-state index >= 15 is 0 Å². The molecule has 35 heavy (non-hydrogen) atoms. The van der Waals surface area contributed by atoms with E-state index in [2.05, 4.69) is 5.32 Å². The quantitative estimate of drug-likeness (QED) is 0.252. The predicted molar refractivity (Wildman–Crippen MR) is 135 cm³/mol. The van der Waals surface area contributed by atoms with E-state index in [4.69, 9.17) is 21.7 Å². The standard InChI is InChI=1S/C24H28N4O6S/c1-3-14-34-19-7-5-6-17(15-19)22(29)25-24(35)27-12-10-26(11-13-27)20-9-8-18(23(30)33-4-2)16-21(20)28(31)32/h5-9,15-16H,3-4,10-14H2,1-2H3,(H,25,29,35). The normalized spacial score (nSPS) is 13.2. The fourth-order valence-electron chi connectivity index (χ4n) is 3.62. The van der Waals surface area contributed by atoms with Gasteiger partial charge >= 0.3 is 5.97 Å². The topological polar surface area (TPSA) is 114 Å². The lowest BCUT2D eigenvalue weighted by atomic mass is 10.1. The smallest absolute Gasteiger partial charge is 0.338 e. The van der Waals surface area contributed by atoms with Crippen molar-refractivity contribution in [1.29, 1.82) is 0 Å². The zero-order valence-corrected chi connectivity index (χ0v) is 20.5. The van der Waals surface area contributed by atoms with Crippen LogP contribution in [0.4, 0.5) is 11.4 Å². The van der Waals surface area contributed by atoms with Crippen molar-refractivity contribution < 1.29 is 24.0 Å². The lowest BCUT2D eigenvalue weighted by molar-refractivity contribution is -0.384. The summed E-state index contributed by atoms with van der Waals surface area (Å²) >= 11 is 5.43. The van der Waals surface area contributed by atoms with Crippen LogP contribution in [0.25, 0.3) is 0 Å². The fraction of sp³-hybridized carbons (Fsp3) is 0.375. The van der Waals surface area contributed by atoms with E-state index < -0.39 is 10.9 Å². The number of rotatable bonds is 8. The minimum Gasteiger partial charge on any atom is -0.494 e. The molecule has 2 aromatic rings. The molecule has 0 unspecified atom stereocenters. The van der Waals surface area contributed by atoms with Gasteiger partial charge in [0.2, 0.25) is 0 Å². The van der Waals surface area contributed by atoms with Crippen molar-refractivity contribution in [3.8, 4) is 5.75 Å². The van der Waals surface area contributed by atoms with Gasteiger partial charge in [0.1, 0.15) is 11.4 Å². The lowest BCUT2D eigenvalue weighted by Gasteiger charge is -2.37. The van der Waals surface area contributed by atoms with E-state index in [0.29, 0.717) is 54.9 Å². The first kappa shape index (κ1) is 25.9. The molecule has 1 aliphatic rings. The summed E-state index contributed by atoms with van der Waals surface area (Å²) in [4.78, 5) is 39.5. The summed E-state index contributed by atoms with van der Waals surface area (Å²) in [6, 6.07) is 11.2. The monoisotopic (exact) mass is 500 g/mol. The highest BCUT2D eigenvalue weighted by atomic mass is 32.1. The number of hydrogen-bond donors (Lipinski definition) is 1. The Hall–Kier alpha value is -3.73. The number of carbonyl (C=O) groups is 2. The van der Waals surface area contributed by atoms with Crippen LogP contribution < -0.4 is 15.0 Å². The van der Waals surface area contributed by atoms with Gasteiger partial charge in [-0.2, -0.15) is 0 Å². The Kier molecular flexibility index (Phi) is 8.96. The molecule has 1 N–H and O–H groups in total. The molecule has 186 valence electrons. The molecule has 3 rings (SSSR count). The third-order valence-electron chi connectivity index (χ3n) is 5.38. The summed E-state index contributed by atoms with van der Waals surface area (Å²) in [5, 5.41) is 14.7. The molecular formula is C24H28N4O6S. The van der Waals surface area contributed by atoms with Crippen LogP contribution in [-0.2, 0) is 4.74 Å². The van der Waals surface area contributed by atoms with Gasteiger partial charge in [-0.3, -0.25) is 20.2 Å². The van der Waals surface area contributed by atoms with Gasteiger partial charge in [0.05, 0.1) is 23.7 Å². The zero-order chi connectivity index (χ0) is 25.4. The highest BCUT2D eigenvalue weighted by Crippen LogP contribution is 2.30. The van der Waals surface area contributed by atoms with Crippen molar-refractivity contribution in [3.05, 3.63) is 63.7 Å². The Morgan fingerprint density at radius 3 is 2.49 bits per heavy atom. The van der Waals surface area contributed by atoms with Gasteiger partial charge in [-0.05, 0) is 55.9 Å². The second-order valence-corrected chi connectivity index (χ2v) is 8.18. The first-order chi connectivity index (χ1) is 16.8. The van der Waals surface area contributed by atoms with Crippen molar-refractivity contribution in [2.24, 2.45) is 0 Å². The van der Waals surface area contributed by atoms with Crippen molar-refractivity contribution in [1.82, 2.24) is 10.2 Å². The van der Waals surface area contributed by atoms with Gasteiger partial charge in [0, 0.05) is 37.8 Å². The lowest BCUT2D eigenvalue weighted by Crippen LogP contribution is -2.52. The molecule has 2 aromatic carbocycles. The average molecular weight is 501 g/mol. The summed E-state index contributed by atoms with van der Waals surface area (Å²) in [6.45, 7) is 6.27. The van der Waals surface area contributed by atoms with Crippen LogP contribution in [0, 0.1) is 10.1 Å². The summed E-state index contributed by atoms with van der Waals surface area (Å²) in [5.41, 5.74) is 0.831. The summed E-state index contributed by atoms with van der Waals surface area (Å²) < 4.78 is 10.5. The molecule has 0 bridgehead atoms. The molecule has 10 nitrogen and oxygen atoms in total. The maximum Gasteiger partial charge on any atom is 0.338 e. The molecule has 0 saturated carbocycles. The molecule has 0 atom stereocenters. The molecule has 0 aromatic heterocycles. The number of nitrogens with zero attached hydrogens (tertiary/aromatic N) is 3. The van der Waals surface area contributed by atoms with E-state index in [1.54, 1.807) is 37.3 Å². The summed E-state index contributed by atoms with van der Waals surface area (Å²) in [5.74, 6) is -0.310. The third-order valence-corrected chi connectivity index (χ3v) is 5.74. The highest BCUT2D eigenvalue weighted by Gasteiger charge is 2.26. The van der Waals surface area contributed by atoms with Crippen LogP contribution in [0.15, 0.2) is 42.5 Å². The van der Waals surface area contributed by atoms with Gasteiger partial charge in [0.15, 0.2) is 5.11 Å². The number of hydrogen-bond acceptors (Lipinski definition) is 8. The molecule has 1 heterocycles. The van der Waals surface area contributed by atoms with E-state index in [1.165, 1.54) is 12.1 Å². The first-order valence-electron chi connectivity index (χ1n) is 11.4. The highest BCUT2D eigenvalue weighted by molar-refractivity contribution is 7.80. The number of nitrogens with one attached hydrogen (secondary N) is 1. The Morgan fingerprint density at radius 2 is 1.83 bits per heavy atom. The van der Waals surface area contributed by atoms with Crippen LogP contribution in [0.2, 0.25) is 0 Å². The van der Waals surface area contributed by atoms with Crippen molar-refractivity contribution in [3.63, 3.8) is 0 Å². The maximum absolute atomic E-state index is 12.7. The molecule has 0 radical (unpaired) electrons. The van der Waals surface area contributed by atoms with Gasteiger partial charge in [-0.1, -0.05) is 13.0 Å². The van der Waals surface area contributed by atoms with Gasteiger partial charge < -0.3 is 19.3 Å². The molecule has 0 spiro atoms. The largest absolute Gasteiger partial charge is 0.494 e. The first-order valence-corrected chi connectivity index (χ1v) is 11.8. The number of benzene rings is 2. The summed E-state index contributed by atoms with van der Waals surface area (Å²) in [7, 11) is 0. The van der Waals surface area contributed by atoms with E-state index in [-0.39, 0.29) is 23.8 Å². The van der Waals surface area contributed by atoms with Crippen LogP contribution in [0.5, 0.6) is 5.75 Å². The molecule has 11 heteroatoms. The second kappa shape index (κ2) is 12.1. The van der Waals surface area contributed by atoms with Crippen LogP contribution in [-0.4, -0.2) is 66.2 Å². The number of amides is 1. The molecule has 1 saturated heterocycles. The minimum atomic E-state index is -0.601. The number of nitro benzene ring substituents is 1. The maximum atomic E-state index is 12.7. The Labute approximate surface area is 208 Å². The Bertz CT molecular complexity index is 1100. The minimum absolute atomic E-state index is 0.133. The number of carbonyl (C=O) groups excluding carboxylic acids is 2. The van der Waals surface area contributed by atoms with Gasteiger partial charge in [0.25, 0.3) is 11.6 Å². The summed E-state index contributed by atoms with van der Waals surface area (Å²) in [6.07, 6.45) is 0.866. The van der Waals surface area contributed by atoms with Gasteiger partial charge in [-0.15, -0.1) is 0 Å². The number of nitro groups is 1. The average Bonchev–Trinajstić information content (AvgIpc) is 2.87. The Balaban J connectivity index is 1.61.